The lowest BCUT2D eigenvalue weighted by molar-refractivity contribution is 0.108. The van der Waals surface area contributed by atoms with Crippen LogP contribution in [0.15, 0.2) is 53.3 Å². The number of hydrogen-bond acceptors (Lipinski definition) is 5. The molecule has 7 heteroatoms. The van der Waals surface area contributed by atoms with E-state index in [1.807, 2.05) is 12.1 Å². The van der Waals surface area contributed by atoms with E-state index in [-0.39, 0.29) is 17.4 Å². The van der Waals surface area contributed by atoms with Gasteiger partial charge < -0.3 is 14.9 Å². The van der Waals surface area contributed by atoms with Gasteiger partial charge in [-0.1, -0.05) is 35.6 Å². The van der Waals surface area contributed by atoms with Crippen LogP contribution in [0.5, 0.6) is 11.6 Å². The predicted octanol–water partition coefficient (Wildman–Crippen LogP) is 2.98. The summed E-state index contributed by atoms with van der Waals surface area (Å²) < 4.78 is 18.7. The maximum absolute atomic E-state index is 13.2. The molecule has 2 aromatic carbocycles. The Labute approximate surface area is 147 Å². The third kappa shape index (κ3) is 4.46. The van der Waals surface area contributed by atoms with E-state index in [0.717, 1.165) is 16.9 Å². The maximum atomic E-state index is 13.2. The van der Waals surface area contributed by atoms with Crippen LogP contribution in [0.3, 0.4) is 0 Å². The monoisotopic (exact) mass is 361 g/mol. The average molecular weight is 361 g/mol. The zero-order valence-electron chi connectivity index (χ0n) is 13.1. The van der Waals surface area contributed by atoms with Crippen molar-refractivity contribution >= 4 is 11.3 Å². The summed E-state index contributed by atoms with van der Waals surface area (Å²) in [7, 11) is 0. The summed E-state index contributed by atoms with van der Waals surface area (Å²) in [5, 5.41) is 19.6. The minimum atomic E-state index is -0.926. The Kier molecular flexibility index (Phi) is 5.16. The van der Waals surface area contributed by atoms with Crippen LogP contribution < -0.4 is 9.61 Å². The van der Waals surface area contributed by atoms with Crippen LogP contribution in [0.2, 0.25) is 0 Å². The molecule has 0 saturated carbocycles. The van der Waals surface area contributed by atoms with Crippen LogP contribution in [0, 0.1) is 5.82 Å². The molecule has 0 aliphatic heterocycles. The molecule has 1 atom stereocenters. The van der Waals surface area contributed by atoms with Crippen LogP contribution >= 0.6 is 11.3 Å². The number of benzene rings is 2. The molecule has 1 heterocycles. The van der Waals surface area contributed by atoms with Gasteiger partial charge in [-0.25, -0.2) is 4.39 Å². The van der Waals surface area contributed by atoms with Crippen molar-refractivity contribution in [2.24, 2.45) is 0 Å². The van der Waals surface area contributed by atoms with Crippen molar-refractivity contribution in [2.45, 2.75) is 12.5 Å². The Bertz CT molecular complexity index is 904. The van der Waals surface area contributed by atoms with Crippen molar-refractivity contribution in [3.63, 3.8) is 0 Å². The second-order valence-electron chi connectivity index (χ2n) is 5.49. The largest absolute Gasteiger partial charge is 0.494 e. The van der Waals surface area contributed by atoms with Gasteiger partial charge in [-0.3, -0.25) is 9.78 Å². The number of rotatable bonds is 6. The number of hydrogen-bond donors (Lipinski definition) is 3. The SMILES string of the molecule is O=c1[nH]c(O)c(Cc2ccc(OCC(O)c3cccc(F)c3)cc2)s1. The highest BCUT2D eigenvalue weighted by atomic mass is 32.1. The van der Waals surface area contributed by atoms with Gasteiger partial charge >= 0.3 is 4.87 Å². The third-order valence-corrected chi connectivity index (χ3v) is 4.50. The number of aromatic hydroxyl groups is 1. The first-order chi connectivity index (χ1) is 12.0. The highest BCUT2D eigenvalue weighted by molar-refractivity contribution is 7.09. The molecule has 0 saturated heterocycles. The van der Waals surface area contributed by atoms with E-state index in [0.29, 0.717) is 22.6 Å². The Balaban J connectivity index is 1.59. The first kappa shape index (κ1) is 17.2. The molecule has 0 aliphatic rings. The van der Waals surface area contributed by atoms with Gasteiger partial charge in [0.2, 0.25) is 5.88 Å². The van der Waals surface area contributed by atoms with Crippen LogP contribution in [0.25, 0.3) is 0 Å². The fraction of sp³-hybridized carbons (Fsp3) is 0.167. The standard InChI is InChI=1S/C18H16FNO4S/c19-13-3-1-2-12(9-13)15(21)10-24-14-6-4-11(5-7-14)8-16-17(22)20-18(23)25-16/h1-7,9,15,21-22H,8,10H2,(H,20,23). The number of aliphatic hydroxyl groups excluding tert-OH is 1. The van der Waals surface area contributed by atoms with Gasteiger partial charge in [0.1, 0.15) is 24.3 Å². The molecule has 3 N–H and O–H groups in total. The predicted molar refractivity (Wildman–Crippen MR) is 92.7 cm³/mol. The molecule has 1 aromatic heterocycles. The zero-order chi connectivity index (χ0) is 17.8. The van der Waals surface area contributed by atoms with Crippen molar-refractivity contribution in [1.82, 2.24) is 4.98 Å². The first-order valence-corrected chi connectivity index (χ1v) is 8.39. The van der Waals surface area contributed by atoms with Crippen molar-refractivity contribution in [3.05, 3.63) is 80.0 Å². The van der Waals surface area contributed by atoms with Crippen LogP contribution in [0.4, 0.5) is 4.39 Å². The molecule has 25 heavy (non-hydrogen) atoms. The quantitative estimate of drug-likeness (QED) is 0.630. The van der Waals surface area contributed by atoms with Crippen molar-refractivity contribution in [1.29, 1.82) is 0 Å². The molecule has 1 unspecified atom stereocenters. The molecule has 0 radical (unpaired) electrons. The molecule has 0 fully saturated rings. The lowest BCUT2D eigenvalue weighted by atomic mass is 10.1. The molecular formula is C18H16FNO4S. The topological polar surface area (TPSA) is 82.6 Å². The number of aromatic nitrogens is 1. The van der Waals surface area contributed by atoms with E-state index < -0.39 is 11.9 Å². The van der Waals surface area contributed by atoms with Gasteiger partial charge in [-0.15, -0.1) is 0 Å². The summed E-state index contributed by atoms with van der Waals surface area (Å²) in [6, 6.07) is 12.9. The Hall–Kier alpha value is -2.64. The van der Waals surface area contributed by atoms with Crippen LogP contribution in [0.1, 0.15) is 22.1 Å². The van der Waals surface area contributed by atoms with E-state index in [1.54, 1.807) is 18.2 Å². The summed E-state index contributed by atoms with van der Waals surface area (Å²) >= 11 is 0.970. The maximum Gasteiger partial charge on any atom is 0.307 e. The number of nitrogens with one attached hydrogen (secondary N) is 1. The minimum absolute atomic E-state index is 0.00299. The van der Waals surface area contributed by atoms with Crippen LogP contribution in [-0.4, -0.2) is 21.8 Å². The number of ether oxygens (including phenoxy) is 1. The van der Waals surface area contributed by atoms with Gasteiger partial charge in [-0.05, 0) is 35.4 Å². The fourth-order valence-electron chi connectivity index (χ4n) is 2.35. The molecule has 0 aliphatic carbocycles. The van der Waals surface area contributed by atoms with Crippen LogP contribution in [-0.2, 0) is 6.42 Å². The number of halogens is 1. The number of aromatic amines is 1. The Morgan fingerprint density at radius 3 is 2.60 bits per heavy atom. The Morgan fingerprint density at radius 2 is 1.96 bits per heavy atom. The highest BCUT2D eigenvalue weighted by Crippen LogP contribution is 2.22. The van der Waals surface area contributed by atoms with E-state index in [9.17, 15) is 19.4 Å². The molecule has 5 nitrogen and oxygen atoms in total. The lowest BCUT2D eigenvalue weighted by Crippen LogP contribution is -2.09. The molecule has 3 rings (SSSR count). The molecule has 0 amide bonds. The van der Waals surface area contributed by atoms with Crippen molar-refractivity contribution in [3.8, 4) is 11.6 Å². The van der Waals surface area contributed by atoms with E-state index in [2.05, 4.69) is 4.98 Å². The molecule has 130 valence electrons. The summed E-state index contributed by atoms with van der Waals surface area (Å²) in [5.74, 6) is 0.0513. The smallest absolute Gasteiger partial charge is 0.307 e. The highest BCUT2D eigenvalue weighted by Gasteiger charge is 2.10. The molecule has 3 aromatic rings. The van der Waals surface area contributed by atoms with Crippen molar-refractivity contribution < 1.29 is 19.3 Å². The lowest BCUT2D eigenvalue weighted by Gasteiger charge is -2.13. The zero-order valence-corrected chi connectivity index (χ0v) is 13.9. The second-order valence-corrected chi connectivity index (χ2v) is 6.56. The summed E-state index contributed by atoms with van der Waals surface area (Å²) in [5.41, 5.74) is 1.36. The van der Waals surface area contributed by atoms with E-state index in [1.165, 1.54) is 18.2 Å². The van der Waals surface area contributed by atoms with Gasteiger partial charge in [0.15, 0.2) is 0 Å². The van der Waals surface area contributed by atoms with Gasteiger partial charge in [0.05, 0.1) is 4.88 Å². The summed E-state index contributed by atoms with van der Waals surface area (Å²) in [6.07, 6.45) is -0.494. The number of thiazole rings is 1. The molecular weight excluding hydrogens is 345 g/mol. The average Bonchev–Trinajstić information content (AvgIpc) is 2.91. The minimum Gasteiger partial charge on any atom is -0.494 e. The van der Waals surface area contributed by atoms with E-state index in [4.69, 9.17) is 4.74 Å². The Morgan fingerprint density at radius 1 is 1.20 bits per heavy atom. The first-order valence-electron chi connectivity index (χ1n) is 7.57. The second kappa shape index (κ2) is 7.50. The number of aliphatic hydroxyl groups is 1. The summed E-state index contributed by atoms with van der Waals surface area (Å²) in [6.45, 7) is 0.00299. The van der Waals surface area contributed by atoms with Crippen molar-refractivity contribution in [2.75, 3.05) is 6.61 Å². The normalized spacial score (nSPS) is 12.1. The fourth-order valence-corrected chi connectivity index (χ4v) is 3.10. The van der Waals surface area contributed by atoms with E-state index >= 15 is 0 Å². The number of H-pyrrole nitrogens is 1. The van der Waals surface area contributed by atoms with Gasteiger partial charge in [-0.2, -0.15) is 0 Å². The third-order valence-electron chi connectivity index (χ3n) is 3.63. The summed E-state index contributed by atoms with van der Waals surface area (Å²) in [4.78, 5) is 13.8. The molecule has 0 bridgehead atoms. The molecule has 0 spiro atoms. The van der Waals surface area contributed by atoms with Gasteiger partial charge in [0.25, 0.3) is 0 Å². The van der Waals surface area contributed by atoms with Gasteiger partial charge in [0, 0.05) is 6.42 Å².